The highest BCUT2D eigenvalue weighted by atomic mass is 19.1. The van der Waals surface area contributed by atoms with Crippen molar-refractivity contribution in [3.05, 3.63) is 47.0 Å². The Hall–Kier alpha value is -2.37. The molecule has 6 heteroatoms. The van der Waals surface area contributed by atoms with E-state index < -0.39 is 0 Å². The van der Waals surface area contributed by atoms with E-state index in [0.29, 0.717) is 31.0 Å². The second-order valence-corrected chi connectivity index (χ2v) is 7.69. The first-order valence-corrected chi connectivity index (χ1v) is 10.0. The van der Waals surface area contributed by atoms with Gasteiger partial charge in [0.05, 0.1) is 11.4 Å². The summed E-state index contributed by atoms with van der Waals surface area (Å²) in [4.78, 5) is 14.3. The number of benzene rings is 1. The van der Waals surface area contributed by atoms with Gasteiger partial charge >= 0.3 is 0 Å². The number of nitrogens with one attached hydrogen (secondary N) is 2. The van der Waals surface area contributed by atoms with Gasteiger partial charge in [0.2, 0.25) is 5.91 Å². The standard InChI is InChI=1S/C21H27FN4O/c22-17-6-2-4-8-20(17)26-12-11-15(14-26)13-23-21(27)10-9-19-16-5-1-3-7-18(16)24-25-19/h2,4,6,8,15H,1,3,5,7,9-14H2,(H,23,27)(H,24,25)/t15-/m1/s1. The van der Waals surface area contributed by atoms with Crippen molar-refractivity contribution in [2.24, 2.45) is 5.92 Å². The summed E-state index contributed by atoms with van der Waals surface area (Å²) in [6, 6.07) is 6.89. The minimum atomic E-state index is -0.176. The number of amides is 1. The Morgan fingerprint density at radius 1 is 1.30 bits per heavy atom. The number of fused-ring (bicyclic) bond motifs is 1. The molecule has 144 valence electrons. The summed E-state index contributed by atoms with van der Waals surface area (Å²) in [7, 11) is 0. The first-order chi connectivity index (χ1) is 13.2. The largest absolute Gasteiger partial charge is 0.369 e. The fourth-order valence-electron chi connectivity index (χ4n) is 4.26. The lowest BCUT2D eigenvalue weighted by Gasteiger charge is -2.19. The third-order valence-electron chi connectivity index (χ3n) is 5.80. The van der Waals surface area contributed by atoms with E-state index in [1.807, 2.05) is 12.1 Å². The molecule has 2 aliphatic rings. The molecule has 0 radical (unpaired) electrons. The Balaban J connectivity index is 1.22. The van der Waals surface area contributed by atoms with Crippen molar-refractivity contribution in [2.45, 2.75) is 44.9 Å². The van der Waals surface area contributed by atoms with E-state index >= 15 is 0 Å². The van der Waals surface area contributed by atoms with Crippen molar-refractivity contribution >= 4 is 11.6 Å². The average molecular weight is 370 g/mol. The Kier molecular flexibility index (Phi) is 5.41. The van der Waals surface area contributed by atoms with Gasteiger partial charge in [0.15, 0.2) is 0 Å². The Morgan fingerprint density at radius 3 is 3.04 bits per heavy atom. The number of hydrogen-bond donors (Lipinski definition) is 2. The fraction of sp³-hybridized carbons (Fsp3) is 0.524. The summed E-state index contributed by atoms with van der Waals surface area (Å²) in [6.07, 6.45) is 6.74. The minimum absolute atomic E-state index is 0.0758. The number of halogens is 1. The highest BCUT2D eigenvalue weighted by Gasteiger charge is 2.25. The topological polar surface area (TPSA) is 61.0 Å². The van der Waals surface area contributed by atoms with Gasteiger partial charge in [0.25, 0.3) is 0 Å². The van der Waals surface area contributed by atoms with Gasteiger partial charge in [-0.3, -0.25) is 9.89 Å². The first kappa shape index (κ1) is 18.0. The Bertz CT molecular complexity index is 803. The summed E-state index contributed by atoms with van der Waals surface area (Å²) in [6.45, 7) is 2.28. The van der Waals surface area contributed by atoms with Gasteiger partial charge in [-0.05, 0) is 55.7 Å². The van der Waals surface area contributed by atoms with E-state index in [0.717, 1.165) is 38.0 Å². The molecule has 1 fully saturated rings. The van der Waals surface area contributed by atoms with Crippen molar-refractivity contribution in [1.29, 1.82) is 0 Å². The summed E-state index contributed by atoms with van der Waals surface area (Å²) in [5, 5.41) is 10.6. The maximum Gasteiger partial charge on any atom is 0.220 e. The Labute approximate surface area is 159 Å². The molecule has 1 aliphatic heterocycles. The molecule has 4 rings (SSSR count). The molecule has 2 N–H and O–H groups in total. The van der Waals surface area contributed by atoms with Crippen LogP contribution in [0.4, 0.5) is 10.1 Å². The van der Waals surface area contributed by atoms with Gasteiger partial charge in [-0.15, -0.1) is 0 Å². The number of para-hydroxylation sites is 1. The lowest BCUT2D eigenvalue weighted by Crippen LogP contribution is -2.31. The number of hydrogen-bond acceptors (Lipinski definition) is 3. The quantitative estimate of drug-likeness (QED) is 0.822. The maximum absolute atomic E-state index is 13.9. The average Bonchev–Trinajstić information content (AvgIpc) is 3.32. The van der Waals surface area contributed by atoms with Crippen LogP contribution in [-0.2, 0) is 24.1 Å². The van der Waals surface area contributed by atoms with Gasteiger partial charge in [0, 0.05) is 38.2 Å². The maximum atomic E-state index is 13.9. The van der Waals surface area contributed by atoms with Crippen LogP contribution < -0.4 is 10.2 Å². The second kappa shape index (κ2) is 8.11. The number of carbonyl (C=O) groups excluding carboxylic acids is 1. The predicted octanol–water partition coefficient (Wildman–Crippen LogP) is 3.00. The molecule has 1 saturated heterocycles. The second-order valence-electron chi connectivity index (χ2n) is 7.69. The van der Waals surface area contributed by atoms with Crippen molar-refractivity contribution in [3.63, 3.8) is 0 Å². The third kappa shape index (κ3) is 4.15. The number of anilines is 1. The molecule has 2 heterocycles. The van der Waals surface area contributed by atoms with Gasteiger partial charge < -0.3 is 10.2 Å². The molecule has 0 saturated carbocycles. The molecule has 0 unspecified atom stereocenters. The van der Waals surface area contributed by atoms with E-state index in [2.05, 4.69) is 20.4 Å². The van der Waals surface area contributed by atoms with E-state index in [1.54, 1.807) is 6.07 Å². The van der Waals surface area contributed by atoms with Crippen molar-refractivity contribution < 1.29 is 9.18 Å². The number of carbonyl (C=O) groups is 1. The highest BCUT2D eigenvalue weighted by molar-refractivity contribution is 5.76. The molecule has 0 spiro atoms. The summed E-state index contributed by atoms with van der Waals surface area (Å²) in [5.74, 6) is 0.267. The van der Waals surface area contributed by atoms with Crippen LogP contribution in [0.5, 0.6) is 0 Å². The first-order valence-electron chi connectivity index (χ1n) is 10.0. The highest BCUT2D eigenvalue weighted by Crippen LogP contribution is 2.26. The zero-order valence-electron chi connectivity index (χ0n) is 15.6. The number of nitrogens with zero attached hydrogens (tertiary/aromatic N) is 2. The molecule has 1 aromatic heterocycles. The molecule has 1 atom stereocenters. The molecule has 0 bridgehead atoms. The molecular formula is C21H27FN4O. The van der Waals surface area contributed by atoms with Crippen LogP contribution >= 0.6 is 0 Å². The summed E-state index contributed by atoms with van der Waals surface area (Å²) >= 11 is 0. The monoisotopic (exact) mass is 370 g/mol. The van der Waals surface area contributed by atoms with Crippen LogP contribution in [0.3, 0.4) is 0 Å². The number of aryl methyl sites for hydroxylation is 2. The predicted molar refractivity (Wildman–Crippen MR) is 103 cm³/mol. The van der Waals surface area contributed by atoms with Crippen molar-refractivity contribution in [1.82, 2.24) is 15.5 Å². The van der Waals surface area contributed by atoms with Gasteiger partial charge in [-0.2, -0.15) is 5.10 Å². The van der Waals surface area contributed by atoms with Gasteiger partial charge in [-0.25, -0.2) is 4.39 Å². The molecule has 5 nitrogen and oxygen atoms in total. The van der Waals surface area contributed by atoms with E-state index in [1.165, 1.54) is 30.2 Å². The van der Waals surface area contributed by atoms with Crippen LogP contribution in [0.15, 0.2) is 24.3 Å². The van der Waals surface area contributed by atoms with E-state index in [9.17, 15) is 9.18 Å². The molecular weight excluding hydrogens is 343 g/mol. The smallest absolute Gasteiger partial charge is 0.220 e. The van der Waals surface area contributed by atoms with E-state index in [4.69, 9.17) is 0 Å². The molecule has 27 heavy (non-hydrogen) atoms. The van der Waals surface area contributed by atoms with Crippen LogP contribution in [0, 0.1) is 11.7 Å². The molecule has 1 aliphatic carbocycles. The fourth-order valence-corrected chi connectivity index (χ4v) is 4.26. The minimum Gasteiger partial charge on any atom is -0.369 e. The normalized spacial score (nSPS) is 19.1. The lowest BCUT2D eigenvalue weighted by atomic mass is 9.94. The molecule has 2 aromatic rings. The zero-order chi connectivity index (χ0) is 18.6. The van der Waals surface area contributed by atoms with Gasteiger partial charge in [-0.1, -0.05) is 12.1 Å². The van der Waals surface area contributed by atoms with Crippen molar-refractivity contribution in [2.75, 3.05) is 24.5 Å². The van der Waals surface area contributed by atoms with Crippen LogP contribution in [0.25, 0.3) is 0 Å². The molecule has 1 amide bonds. The number of H-pyrrole nitrogens is 1. The van der Waals surface area contributed by atoms with Gasteiger partial charge in [0.1, 0.15) is 5.82 Å². The van der Waals surface area contributed by atoms with Crippen LogP contribution in [-0.4, -0.2) is 35.7 Å². The summed E-state index contributed by atoms with van der Waals surface area (Å²) < 4.78 is 13.9. The number of aromatic nitrogens is 2. The number of rotatable bonds is 6. The van der Waals surface area contributed by atoms with Crippen molar-refractivity contribution in [3.8, 4) is 0 Å². The zero-order valence-corrected chi connectivity index (χ0v) is 15.6. The lowest BCUT2D eigenvalue weighted by molar-refractivity contribution is -0.121. The third-order valence-corrected chi connectivity index (χ3v) is 5.80. The Morgan fingerprint density at radius 2 is 2.15 bits per heavy atom. The van der Waals surface area contributed by atoms with Crippen LogP contribution in [0.1, 0.15) is 42.6 Å². The SMILES string of the molecule is O=C(CCc1n[nH]c2c1CCCC2)NC[C@H]1CCN(c2ccccc2F)C1. The number of aromatic amines is 1. The summed E-state index contributed by atoms with van der Waals surface area (Å²) in [5.41, 5.74) is 4.32. The molecule has 1 aromatic carbocycles. The van der Waals surface area contributed by atoms with E-state index in [-0.39, 0.29) is 11.7 Å². The van der Waals surface area contributed by atoms with Crippen LogP contribution in [0.2, 0.25) is 0 Å².